The number of carbonyl (C=O) groups excluding carboxylic acids is 1. The average Bonchev–Trinajstić information content (AvgIpc) is 3.22. The second-order valence-corrected chi connectivity index (χ2v) is 8.94. The fourth-order valence-electron chi connectivity index (χ4n) is 3.78. The van der Waals surface area contributed by atoms with Gasteiger partial charge in [-0.25, -0.2) is 9.78 Å². The fraction of sp³-hybridized carbons (Fsp3) is 0.600. The Hall–Kier alpha value is -3.28. The van der Waals surface area contributed by atoms with Crippen molar-refractivity contribution >= 4 is 17.6 Å². The highest BCUT2D eigenvalue weighted by molar-refractivity contribution is 5.69. The normalized spacial score (nSPS) is 18.9. The third-order valence-corrected chi connectivity index (χ3v) is 5.31. The van der Waals surface area contributed by atoms with Crippen molar-refractivity contribution in [2.75, 3.05) is 31.2 Å². The van der Waals surface area contributed by atoms with Crippen LogP contribution in [0.5, 0.6) is 0 Å². The first-order valence-electron chi connectivity index (χ1n) is 10.5. The maximum Gasteiger partial charge on any atom is 0.410 e. The molecule has 0 radical (unpaired) electrons. The van der Waals surface area contributed by atoms with Crippen LogP contribution in [0.4, 0.5) is 16.3 Å². The van der Waals surface area contributed by atoms with Gasteiger partial charge in [-0.3, -0.25) is 10.1 Å². The zero-order chi connectivity index (χ0) is 23.0. The molecule has 32 heavy (non-hydrogen) atoms. The molecule has 0 N–H and O–H groups in total. The largest absolute Gasteiger partial charge is 0.444 e. The lowest BCUT2D eigenvalue weighted by molar-refractivity contribution is -0.384. The van der Waals surface area contributed by atoms with Gasteiger partial charge in [-0.1, -0.05) is 0 Å². The van der Waals surface area contributed by atoms with Crippen LogP contribution in [0.3, 0.4) is 0 Å². The number of hydrogen-bond donors (Lipinski definition) is 0. The molecule has 1 fully saturated rings. The van der Waals surface area contributed by atoms with E-state index in [0.717, 1.165) is 17.6 Å². The second kappa shape index (κ2) is 8.34. The Morgan fingerprint density at radius 3 is 2.75 bits per heavy atom. The van der Waals surface area contributed by atoms with Gasteiger partial charge >= 0.3 is 11.8 Å². The first kappa shape index (κ1) is 21.9. The molecular weight excluding hydrogens is 418 g/mol. The van der Waals surface area contributed by atoms with Crippen molar-refractivity contribution < 1.29 is 19.2 Å². The monoisotopic (exact) mass is 445 g/mol. The molecule has 0 aliphatic carbocycles. The minimum Gasteiger partial charge on any atom is -0.444 e. The summed E-state index contributed by atoms with van der Waals surface area (Å²) in [5.41, 5.74) is 0.891. The van der Waals surface area contributed by atoms with Crippen molar-refractivity contribution in [3.05, 3.63) is 33.8 Å². The van der Waals surface area contributed by atoms with Gasteiger partial charge in [0.2, 0.25) is 0 Å². The lowest BCUT2D eigenvalue weighted by Crippen LogP contribution is -2.46. The van der Waals surface area contributed by atoms with Gasteiger partial charge in [0.1, 0.15) is 23.8 Å². The van der Waals surface area contributed by atoms with Crippen molar-refractivity contribution in [1.29, 1.82) is 0 Å². The molecule has 4 heterocycles. The van der Waals surface area contributed by atoms with Crippen LogP contribution >= 0.6 is 0 Å². The molecule has 1 atom stereocenters. The van der Waals surface area contributed by atoms with E-state index in [1.807, 2.05) is 20.8 Å². The summed E-state index contributed by atoms with van der Waals surface area (Å²) in [6, 6.07) is 0.103. The molecule has 1 unspecified atom stereocenters. The van der Waals surface area contributed by atoms with Crippen molar-refractivity contribution in [2.24, 2.45) is 0 Å². The third kappa shape index (κ3) is 4.49. The maximum absolute atomic E-state index is 12.6. The van der Waals surface area contributed by atoms with Gasteiger partial charge in [0.15, 0.2) is 0 Å². The Kier molecular flexibility index (Phi) is 5.71. The topological polar surface area (TPSA) is 129 Å². The Balaban J connectivity index is 1.73. The minimum absolute atomic E-state index is 0.103. The van der Waals surface area contributed by atoms with Gasteiger partial charge in [-0.15, -0.1) is 0 Å². The lowest BCUT2D eigenvalue weighted by atomic mass is 10.0. The summed E-state index contributed by atoms with van der Waals surface area (Å²) in [5.74, 6) is 0.972. The zero-order valence-corrected chi connectivity index (χ0v) is 18.6. The summed E-state index contributed by atoms with van der Waals surface area (Å²) in [5, 5.41) is 15.2. The molecule has 12 heteroatoms. The van der Waals surface area contributed by atoms with Crippen molar-refractivity contribution in [2.45, 2.75) is 52.3 Å². The number of aromatic nitrogens is 4. The quantitative estimate of drug-likeness (QED) is 0.515. The van der Waals surface area contributed by atoms with Crippen molar-refractivity contribution in [3.63, 3.8) is 0 Å². The number of morpholine rings is 1. The van der Waals surface area contributed by atoms with Crippen LogP contribution in [0.25, 0.3) is 5.95 Å². The van der Waals surface area contributed by atoms with E-state index in [0.29, 0.717) is 38.4 Å². The summed E-state index contributed by atoms with van der Waals surface area (Å²) < 4.78 is 12.4. The summed E-state index contributed by atoms with van der Waals surface area (Å²) in [6.07, 6.45) is 2.61. The molecule has 0 bridgehead atoms. The molecule has 2 aliphatic heterocycles. The number of nitrogens with zero attached hydrogens (tertiary/aromatic N) is 7. The second-order valence-electron chi connectivity index (χ2n) is 8.94. The van der Waals surface area contributed by atoms with Gasteiger partial charge in [-0.2, -0.15) is 14.8 Å². The van der Waals surface area contributed by atoms with Crippen LogP contribution in [0.1, 0.15) is 39.0 Å². The highest BCUT2D eigenvalue weighted by Gasteiger charge is 2.32. The number of ether oxygens (including phenoxy) is 2. The smallest absolute Gasteiger partial charge is 0.410 e. The standard InChI is InChI=1S/C20H27N7O5/c1-13-12-31-8-7-25(13)17-15-5-6-24(19(28)32-20(2,3)4)11-16(15)22-18(23-17)26-10-14(9-21-26)27(29)30/h9-10,13H,5-8,11-12H2,1-4H3. The molecule has 2 aliphatic rings. The number of amides is 1. The summed E-state index contributed by atoms with van der Waals surface area (Å²) in [6.45, 7) is 10.1. The minimum atomic E-state index is -0.601. The molecule has 2 aromatic rings. The number of carbonyl (C=O) groups is 1. The molecule has 172 valence electrons. The van der Waals surface area contributed by atoms with E-state index in [9.17, 15) is 14.9 Å². The molecule has 0 aromatic carbocycles. The summed E-state index contributed by atoms with van der Waals surface area (Å²) >= 11 is 0. The highest BCUT2D eigenvalue weighted by atomic mass is 16.6. The van der Waals surface area contributed by atoms with E-state index in [1.54, 1.807) is 4.90 Å². The van der Waals surface area contributed by atoms with Crippen LogP contribution < -0.4 is 4.90 Å². The van der Waals surface area contributed by atoms with Crippen molar-refractivity contribution in [1.82, 2.24) is 24.6 Å². The van der Waals surface area contributed by atoms with Crippen LogP contribution in [0.15, 0.2) is 12.4 Å². The predicted molar refractivity (Wildman–Crippen MR) is 114 cm³/mol. The van der Waals surface area contributed by atoms with Crippen LogP contribution in [0.2, 0.25) is 0 Å². The number of fused-ring (bicyclic) bond motifs is 1. The highest BCUT2D eigenvalue weighted by Crippen LogP contribution is 2.30. The van der Waals surface area contributed by atoms with E-state index in [1.165, 1.54) is 10.9 Å². The average molecular weight is 445 g/mol. The number of nitro groups is 1. The molecule has 1 amide bonds. The Morgan fingerprint density at radius 1 is 1.31 bits per heavy atom. The van der Waals surface area contributed by atoms with E-state index in [2.05, 4.69) is 21.9 Å². The Bertz CT molecular complexity index is 1030. The Labute approximate surface area is 185 Å². The number of hydrogen-bond acceptors (Lipinski definition) is 9. The van der Waals surface area contributed by atoms with Crippen LogP contribution in [-0.2, 0) is 22.4 Å². The van der Waals surface area contributed by atoms with E-state index >= 15 is 0 Å². The van der Waals surface area contributed by atoms with Crippen molar-refractivity contribution in [3.8, 4) is 5.95 Å². The molecular formula is C20H27N7O5. The van der Waals surface area contributed by atoms with E-state index < -0.39 is 16.6 Å². The fourth-order valence-corrected chi connectivity index (χ4v) is 3.78. The van der Waals surface area contributed by atoms with E-state index in [-0.39, 0.29) is 24.2 Å². The van der Waals surface area contributed by atoms with Crippen LogP contribution in [-0.4, -0.2) is 73.6 Å². The molecule has 12 nitrogen and oxygen atoms in total. The van der Waals surface area contributed by atoms with Gasteiger partial charge in [0, 0.05) is 18.7 Å². The van der Waals surface area contributed by atoms with Gasteiger partial charge in [0.25, 0.3) is 5.95 Å². The number of rotatable bonds is 3. The predicted octanol–water partition coefficient (Wildman–Crippen LogP) is 2.09. The van der Waals surface area contributed by atoms with Gasteiger partial charge < -0.3 is 19.3 Å². The van der Waals surface area contributed by atoms with E-state index in [4.69, 9.17) is 14.5 Å². The van der Waals surface area contributed by atoms with Gasteiger partial charge in [-0.05, 0) is 34.1 Å². The summed E-state index contributed by atoms with van der Waals surface area (Å²) in [7, 11) is 0. The first-order valence-corrected chi connectivity index (χ1v) is 10.5. The zero-order valence-electron chi connectivity index (χ0n) is 18.6. The summed E-state index contributed by atoms with van der Waals surface area (Å²) in [4.78, 5) is 36.4. The molecule has 4 rings (SSSR count). The van der Waals surface area contributed by atoms with Crippen LogP contribution in [0, 0.1) is 10.1 Å². The lowest BCUT2D eigenvalue weighted by Gasteiger charge is -2.37. The first-order chi connectivity index (χ1) is 15.1. The number of anilines is 1. The SMILES string of the molecule is CC1COCCN1c1nc(-n2cc([N+](=O)[O-])cn2)nc2c1CCN(C(=O)OC(C)(C)C)C2. The molecule has 0 spiro atoms. The molecule has 0 saturated carbocycles. The Morgan fingerprint density at radius 2 is 2.09 bits per heavy atom. The third-order valence-electron chi connectivity index (χ3n) is 5.31. The molecule has 2 aromatic heterocycles. The maximum atomic E-state index is 12.6. The molecule has 1 saturated heterocycles. The van der Waals surface area contributed by atoms with Gasteiger partial charge in [0.05, 0.1) is 36.4 Å².